The van der Waals surface area contributed by atoms with Crippen molar-refractivity contribution in [2.24, 2.45) is 0 Å². The molecule has 0 saturated heterocycles. The quantitative estimate of drug-likeness (QED) is 0.662. The molecule has 0 unspecified atom stereocenters. The highest BCUT2D eigenvalue weighted by Crippen LogP contribution is 2.18. The number of carbonyl (C=O) groups is 2. The van der Waals surface area contributed by atoms with Gasteiger partial charge in [-0.1, -0.05) is 6.07 Å². The maximum atomic E-state index is 11.7. The Bertz CT molecular complexity index is 726. The van der Waals surface area contributed by atoms with Gasteiger partial charge in [-0.3, -0.25) is 15.4 Å². The van der Waals surface area contributed by atoms with Crippen LogP contribution in [0.1, 0.15) is 10.4 Å². The van der Waals surface area contributed by atoms with Gasteiger partial charge in [0.05, 0.1) is 10.5 Å². The zero-order valence-electron chi connectivity index (χ0n) is 11.1. The number of amides is 1. The molecular formula is C14H10N2O6. The van der Waals surface area contributed by atoms with Crippen LogP contribution in [0.15, 0.2) is 48.5 Å². The zero-order chi connectivity index (χ0) is 16.1. The number of benzene rings is 2. The number of nitro groups is 1. The molecule has 2 rings (SSSR count). The lowest BCUT2D eigenvalue weighted by Crippen LogP contribution is -2.17. The molecule has 2 aromatic carbocycles. The molecule has 0 heterocycles. The maximum absolute atomic E-state index is 11.7. The van der Waals surface area contributed by atoms with E-state index in [0.29, 0.717) is 0 Å². The van der Waals surface area contributed by atoms with E-state index in [9.17, 15) is 19.7 Å². The van der Waals surface area contributed by atoms with E-state index in [-0.39, 0.29) is 22.7 Å². The standard InChI is InChI=1S/C14H10N2O6/c17-13(18)9-2-1-3-10(8-9)15-14(19)22-12-6-4-11(5-7-12)16(20)21/h1-8H,(H,15,19)(H,17,18). The maximum Gasteiger partial charge on any atom is 0.417 e. The molecular weight excluding hydrogens is 292 g/mol. The number of carboxylic acid groups (broad SMARTS) is 1. The Hall–Kier alpha value is -3.42. The summed E-state index contributed by atoms with van der Waals surface area (Å²) in [6.45, 7) is 0. The van der Waals surface area contributed by atoms with Gasteiger partial charge in [0.1, 0.15) is 5.75 Å². The lowest BCUT2D eigenvalue weighted by molar-refractivity contribution is -0.384. The first kappa shape index (κ1) is 15.0. The van der Waals surface area contributed by atoms with Gasteiger partial charge in [0.2, 0.25) is 0 Å². The van der Waals surface area contributed by atoms with Crippen LogP contribution in [0.25, 0.3) is 0 Å². The predicted molar refractivity (Wildman–Crippen MR) is 76.1 cm³/mol. The van der Waals surface area contributed by atoms with Gasteiger partial charge in [-0.2, -0.15) is 0 Å². The summed E-state index contributed by atoms with van der Waals surface area (Å²) >= 11 is 0. The fourth-order valence-electron chi connectivity index (χ4n) is 1.62. The van der Waals surface area contributed by atoms with Crippen LogP contribution < -0.4 is 10.1 Å². The molecule has 0 radical (unpaired) electrons. The zero-order valence-corrected chi connectivity index (χ0v) is 11.1. The molecule has 8 heteroatoms. The van der Waals surface area contributed by atoms with Crippen molar-refractivity contribution in [3.8, 4) is 5.75 Å². The molecule has 0 atom stereocenters. The fraction of sp³-hybridized carbons (Fsp3) is 0. The Morgan fingerprint density at radius 3 is 2.41 bits per heavy atom. The summed E-state index contributed by atoms with van der Waals surface area (Å²) in [5, 5.41) is 21.7. The minimum absolute atomic E-state index is 0.0214. The number of nitro benzene ring substituents is 1. The first-order valence-electron chi connectivity index (χ1n) is 6.02. The molecule has 0 aliphatic heterocycles. The van der Waals surface area contributed by atoms with Crippen molar-refractivity contribution in [3.05, 3.63) is 64.2 Å². The van der Waals surface area contributed by atoms with Gasteiger partial charge in [0, 0.05) is 17.8 Å². The Morgan fingerprint density at radius 2 is 1.82 bits per heavy atom. The van der Waals surface area contributed by atoms with Crippen LogP contribution in [-0.4, -0.2) is 22.1 Å². The molecule has 2 aromatic rings. The van der Waals surface area contributed by atoms with E-state index < -0.39 is 17.0 Å². The van der Waals surface area contributed by atoms with E-state index in [4.69, 9.17) is 9.84 Å². The molecule has 0 spiro atoms. The molecule has 0 fully saturated rings. The number of hydrogen-bond donors (Lipinski definition) is 2. The van der Waals surface area contributed by atoms with Crippen molar-refractivity contribution in [2.45, 2.75) is 0 Å². The average molecular weight is 302 g/mol. The molecule has 0 saturated carbocycles. The van der Waals surface area contributed by atoms with Crippen LogP contribution in [0.2, 0.25) is 0 Å². The number of aromatic carboxylic acids is 1. The summed E-state index contributed by atoms with van der Waals surface area (Å²) in [4.78, 5) is 32.4. The number of ether oxygens (including phenoxy) is 1. The first-order valence-corrected chi connectivity index (χ1v) is 6.02. The number of carbonyl (C=O) groups excluding carboxylic acids is 1. The monoisotopic (exact) mass is 302 g/mol. The molecule has 2 N–H and O–H groups in total. The molecule has 0 aliphatic rings. The van der Waals surface area contributed by atoms with Crippen molar-refractivity contribution in [2.75, 3.05) is 5.32 Å². The molecule has 112 valence electrons. The highest BCUT2D eigenvalue weighted by atomic mass is 16.6. The summed E-state index contributed by atoms with van der Waals surface area (Å²) < 4.78 is 4.93. The van der Waals surface area contributed by atoms with Gasteiger partial charge >= 0.3 is 12.1 Å². The summed E-state index contributed by atoms with van der Waals surface area (Å²) in [6, 6.07) is 10.6. The normalized spacial score (nSPS) is 9.82. The third-order valence-electron chi connectivity index (χ3n) is 2.61. The number of hydrogen-bond acceptors (Lipinski definition) is 5. The Balaban J connectivity index is 2.02. The van der Waals surface area contributed by atoms with Crippen molar-refractivity contribution in [1.29, 1.82) is 0 Å². The second-order valence-electron chi connectivity index (χ2n) is 4.15. The Morgan fingerprint density at radius 1 is 1.14 bits per heavy atom. The van der Waals surface area contributed by atoms with Crippen LogP contribution in [0.3, 0.4) is 0 Å². The minimum Gasteiger partial charge on any atom is -0.478 e. The number of carboxylic acids is 1. The Kier molecular flexibility index (Phi) is 4.33. The van der Waals surface area contributed by atoms with E-state index in [0.717, 1.165) is 0 Å². The van der Waals surface area contributed by atoms with E-state index in [1.54, 1.807) is 0 Å². The van der Waals surface area contributed by atoms with Crippen LogP contribution in [0, 0.1) is 10.1 Å². The van der Waals surface area contributed by atoms with Gasteiger partial charge in [0.25, 0.3) is 5.69 Å². The van der Waals surface area contributed by atoms with E-state index >= 15 is 0 Å². The van der Waals surface area contributed by atoms with Gasteiger partial charge in [0.15, 0.2) is 0 Å². The largest absolute Gasteiger partial charge is 0.478 e. The summed E-state index contributed by atoms with van der Waals surface area (Å²) in [5.41, 5.74) is 0.155. The molecule has 22 heavy (non-hydrogen) atoms. The lowest BCUT2D eigenvalue weighted by Gasteiger charge is -2.07. The first-order chi connectivity index (χ1) is 10.5. The third kappa shape index (κ3) is 3.79. The minimum atomic E-state index is -1.12. The van der Waals surface area contributed by atoms with E-state index in [1.807, 2.05) is 0 Å². The number of nitrogens with one attached hydrogen (secondary N) is 1. The fourth-order valence-corrected chi connectivity index (χ4v) is 1.62. The Labute approximate surface area is 124 Å². The molecule has 0 bridgehead atoms. The van der Waals surface area contributed by atoms with E-state index in [2.05, 4.69) is 5.32 Å². The van der Waals surface area contributed by atoms with Gasteiger partial charge in [-0.15, -0.1) is 0 Å². The summed E-state index contributed by atoms with van der Waals surface area (Å²) in [7, 11) is 0. The summed E-state index contributed by atoms with van der Waals surface area (Å²) in [6.07, 6.45) is -0.837. The third-order valence-corrected chi connectivity index (χ3v) is 2.61. The molecule has 8 nitrogen and oxygen atoms in total. The predicted octanol–water partition coefficient (Wildman–Crippen LogP) is 2.90. The molecule has 0 aromatic heterocycles. The number of rotatable bonds is 4. The highest BCUT2D eigenvalue weighted by Gasteiger charge is 2.09. The van der Waals surface area contributed by atoms with Gasteiger partial charge < -0.3 is 9.84 Å². The smallest absolute Gasteiger partial charge is 0.417 e. The van der Waals surface area contributed by atoms with Crippen LogP contribution >= 0.6 is 0 Å². The van der Waals surface area contributed by atoms with Crippen LogP contribution in [-0.2, 0) is 0 Å². The second-order valence-corrected chi connectivity index (χ2v) is 4.15. The van der Waals surface area contributed by atoms with E-state index in [1.165, 1.54) is 48.5 Å². The van der Waals surface area contributed by atoms with Crippen molar-refractivity contribution in [3.63, 3.8) is 0 Å². The topological polar surface area (TPSA) is 119 Å². The number of anilines is 1. The average Bonchev–Trinajstić information content (AvgIpc) is 2.47. The van der Waals surface area contributed by atoms with Crippen molar-refractivity contribution < 1.29 is 24.4 Å². The number of non-ortho nitro benzene ring substituents is 1. The molecule has 0 aliphatic carbocycles. The number of nitrogens with zero attached hydrogens (tertiary/aromatic N) is 1. The van der Waals surface area contributed by atoms with Crippen molar-refractivity contribution in [1.82, 2.24) is 0 Å². The summed E-state index contributed by atoms with van der Waals surface area (Å²) in [5.74, 6) is -0.995. The lowest BCUT2D eigenvalue weighted by atomic mass is 10.2. The molecule has 1 amide bonds. The van der Waals surface area contributed by atoms with Gasteiger partial charge in [-0.25, -0.2) is 9.59 Å². The van der Waals surface area contributed by atoms with Crippen molar-refractivity contribution >= 4 is 23.4 Å². The highest BCUT2D eigenvalue weighted by molar-refractivity contribution is 5.91. The van der Waals surface area contributed by atoms with Crippen LogP contribution in [0.5, 0.6) is 5.75 Å². The van der Waals surface area contributed by atoms with Crippen LogP contribution in [0.4, 0.5) is 16.2 Å². The second kappa shape index (κ2) is 6.35. The van der Waals surface area contributed by atoms with Gasteiger partial charge in [-0.05, 0) is 30.3 Å². The SMILES string of the molecule is O=C(Nc1cccc(C(=O)O)c1)Oc1ccc([N+](=O)[O-])cc1.